The quantitative estimate of drug-likeness (QED) is 0.728. The summed E-state index contributed by atoms with van der Waals surface area (Å²) in [6.07, 6.45) is -0.460. The molecule has 5 nitrogen and oxygen atoms in total. The van der Waals surface area contributed by atoms with E-state index >= 15 is 0 Å². The van der Waals surface area contributed by atoms with Gasteiger partial charge in [0.2, 0.25) is 5.91 Å². The van der Waals surface area contributed by atoms with Crippen LogP contribution in [-0.2, 0) is 9.53 Å². The summed E-state index contributed by atoms with van der Waals surface area (Å²) in [5.41, 5.74) is 0.0774. The van der Waals surface area contributed by atoms with Crippen LogP contribution in [0, 0.1) is 0 Å². The molecule has 128 valence electrons. The zero-order chi connectivity index (χ0) is 17.5. The highest BCUT2D eigenvalue weighted by Crippen LogP contribution is 2.25. The maximum absolute atomic E-state index is 11.8. The first-order chi connectivity index (χ1) is 10.7. The number of hydrogen-bond donors (Lipinski definition) is 2. The third-order valence-corrected chi connectivity index (χ3v) is 4.05. The maximum Gasteiger partial charge on any atom is 0.407 e. The van der Waals surface area contributed by atoms with Gasteiger partial charge in [0.15, 0.2) is 0 Å². The number of anilines is 1. The molecule has 2 N–H and O–H groups in total. The van der Waals surface area contributed by atoms with Crippen molar-refractivity contribution in [2.75, 3.05) is 23.4 Å². The molecule has 0 aliphatic carbocycles. The van der Waals surface area contributed by atoms with Crippen molar-refractivity contribution in [2.24, 2.45) is 0 Å². The topological polar surface area (TPSA) is 67.4 Å². The summed E-state index contributed by atoms with van der Waals surface area (Å²) in [4.78, 5) is 23.2. The summed E-state index contributed by atoms with van der Waals surface area (Å²) in [6.45, 7) is 5.83. The Morgan fingerprint density at radius 1 is 1.22 bits per heavy atom. The van der Waals surface area contributed by atoms with Gasteiger partial charge in [-0.15, -0.1) is 0 Å². The van der Waals surface area contributed by atoms with Crippen LogP contribution in [0.3, 0.4) is 0 Å². The van der Waals surface area contributed by atoms with Gasteiger partial charge in [-0.05, 0) is 39.0 Å². The largest absolute Gasteiger partial charge is 0.444 e. The van der Waals surface area contributed by atoms with Crippen LogP contribution in [0.25, 0.3) is 0 Å². The molecule has 1 aromatic rings. The van der Waals surface area contributed by atoms with E-state index in [9.17, 15) is 9.59 Å². The zero-order valence-corrected chi connectivity index (χ0v) is 15.6. The van der Waals surface area contributed by atoms with Crippen molar-refractivity contribution in [3.63, 3.8) is 0 Å². The van der Waals surface area contributed by atoms with E-state index < -0.39 is 11.7 Å². The van der Waals surface area contributed by atoms with Gasteiger partial charge in [0.05, 0.1) is 15.8 Å². The van der Waals surface area contributed by atoms with Gasteiger partial charge < -0.3 is 15.4 Å². The lowest BCUT2D eigenvalue weighted by Gasteiger charge is -2.19. The van der Waals surface area contributed by atoms with Gasteiger partial charge >= 0.3 is 6.09 Å². The van der Waals surface area contributed by atoms with Crippen LogP contribution in [0.1, 0.15) is 20.8 Å². The second kappa shape index (κ2) is 9.25. The predicted octanol–water partition coefficient (Wildman–Crippen LogP) is 4.19. The van der Waals surface area contributed by atoms with E-state index in [1.54, 1.807) is 39.0 Å². The predicted molar refractivity (Wildman–Crippen MR) is 96.7 cm³/mol. The number of alkyl carbamates (subject to hydrolysis) is 1. The van der Waals surface area contributed by atoms with Crippen LogP contribution in [0.4, 0.5) is 10.5 Å². The summed E-state index contributed by atoms with van der Waals surface area (Å²) in [5.74, 6) is 0.732. The average Bonchev–Trinajstić information content (AvgIpc) is 2.40. The number of ether oxygens (including phenoxy) is 1. The molecule has 0 aliphatic heterocycles. The molecule has 0 saturated heterocycles. The van der Waals surface area contributed by atoms with Crippen LogP contribution in [0.5, 0.6) is 0 Å². The third kappa shape index (κ3) is 8.93. The van der Waals surface area contributed by atoms with Crippen LogP contribution in [0.2, 0.25) is 10.0 Å². The van der Waals surface area contributed by atoms with E-state index in [-0.39, 0.29) is 11.7 Å². The number of carbonyl (C=O) groups excluding carboxylic acids is 2. The molecule has 0 bridgehead atoms. The average molecular weight is 379 g/mol. The highest BCUT2D eigenvalue weighted by molar-refractivity contribution is 7.99. The minimum Gasteiger partial charge on any atom is -0.444 e. The number of amides is 2. The van der Waals surface area contributed by atoms with Crippen molar-refractivity contribution >= 4 is 52.7 Å². The Hall–Kier alpha value is -1.11. The van der Waals surface area contributed by atoms with Crippen molar-refractivity contribution < 1.29 is 14.3 Å². The van der Waals surface area contributed by atoms with Gasteiger partial charge in [-0.25, -0.2) is 4.79 Å². The van der Waals surface area contributed by atoms with Crippen molar-refractivity contribution in [3.8, 4) is 0 Å². The lowest BCUT2D eigenvalue weighted by Crippen LogP contribution is -2.33. The number of hydrogen-bond acceptors (Lipinski definition) is 4. The molecule has 0 atom stereocenters. The fourth-order valence-corrected chi connectivity index (χ4v) is 2.42. The molecule has 0 unspecified atom stereocenters. The summed E-state index contributed by atoms with van der Waals surface area (Å²) in [6, 6.07) is 4.90. The number of carbonyl (C=O) groups is 2. The van der Waals surface area contributed by atoms with Crippen molar-refractivity contribution in [2.45, 2.75) is 26.4 Å². The molecule has 0 aromatic heterocycles. The summed E-state index contributed by atoms with van der Waals surface area (Å²) in [7, 11) is 0. The fourth-order valence-electron chi connectivity index (χ4n) is 1.48. The van der Waals surface area contributed by atoms with Crippen LogP contribution in [-0.4, -0.2) is 35.7 Å². The Morgan fingerprint density at radius 2 is 1.91 bits per heavy atom. The van der Waals surface area contributed by atoms with Gasteiger partial charge in [0, 0.05) is 18.0 Å². The van der Waals surface area contributed by atoms with Gasteiger partial charge in [-0.1, -0.05) is 23.2 Å². The molecule has 0 heterocycles. The molecule has 1 rings (SSSR count). The molecule has 0 radical (unpaired) electrons. The van der Waals surface area contributed by atoms with Gasteiger partial charge in [-0.3, -0.25) is 4.79 Å². The lowest BCUT2D eigenvalue weighted by atomic mass is 10.2. The highest BCUT2D eigenvalue weighted by Gasteiger charge is 2.15. The Labute approximate surface area is 150 Å². The summed E-state index contributed by atoms with van der Waals surface area (Å²) < 4.78 is 5.10. The van der Waals surface area contributed by atoms with E-state index in [0.29, 0.717) is 28.0 Å². The molecular weight excluding hydrogens is 359 g/mol. The van der Waals surface area contributed by atoms with E-state index in [1.807, 2.05) is 0 Å². The monoisotopic (exact) mass is 378 g/mol. The molecule has 2 amide bonds. The lowest BCUT2D eigenvalue weighted by molar-refractivity contribution is -0.113. The first-order valence-electron chi connectivity index (χ1n) is 6.97. The van der Waals surface area contributed by atoms with Crippen molar-refractivity contribution in [1.29, 1.82) is 0 Å². The Balaban J connectivity index is 2.19. The number of thioether (sulfide) groups is 1. The normalized spacial score (nSPS) is 11.0. The molecular formula is C15H20Cl2N2O3S. The molecule has 0 spiro atoms. The Morgan fingerprint density at radius 3 is 2.52 bits per heavy atom. The van der Waals surface area contributed by atoms with Gasteiger partial charge in [-0.2, -0.15) is 11.8 Å². The molecule has 0 saturated carbocycles. The van der Waals surface area contributed by atoms with E-state index in [2.05, 4.69) is 10.6 Å². The van der Waals surface area contributed by atoms with Crippen LogP contribution in [0.15, 0.2) is 18.2 Å². The molecule has 1 aromatic carbocycles. The molecule has 8 heteroatoms. The fraction of sp³-hybridized carbons (Fsp3) is 0.467. The van der Waals surface area contributed by atoms with Gasteiger partial charge in [0.25, 0.3) is 0 Å². The number of rotatable bonds is 6. The maximum atomic E-state index is 11.8. The first-order valence-corrected chi connectivity index (χ1v) is 8.88. The standard InChI is InChI=1S/C15H20Cl2N2O3S/c1-15(2,3)22-14(21)18-6-7-23-9-13(20)19-10-4-5-11(16)12(17)8-10/h4-5,8H,6-7,9H2,1-3H3,(H,18,21)(H,19,20). The van der Waals surface area contributed by atoms with E-state index in [0.717, 1.165) is 0 Å². The van der Waals surface area contributed by atoms with E-state index in [4.69, 9.17) is 27.9 Å². The first kappa shape index (κ1) is 19.9. The summed E-state index contributed by atoms with van der Waals surface area (Å²) >= 11 is 13.1. The smallest absolute Gasteiger partial charge is 0.407 e. The third-order valence-electron chi connectivity index (χ3n) is 2.35. The Bertz CT molecular complexity index is 562. The molecule has 0 aliphatic rings. The number of benzene rings is 1. The number of nitrogens with one attached hydrogen (secondary N) is 2. The second-order valence-electron chi connectivity index (χ2n) is 5.66. The van der Waals surface area contributed by atoms with Crippen LogP contribution < -0.4 is 10.6 Å². The van der Waals surface area contributed by atoms with Crippen molar-refractivity contribution in [1.82, 2.24) is 5.32 Å². The van der Waals surface area contributed by atoms with E-state index in [1.165, 1.54) is 11.8 Å². The zero-order valence-electron chi connectivity index (χ0n) is 13.2. The second-order valence-corrected chi connectivity index (χ2v) is 7.58. The number of halogens is 2. The summed E-state index contributed by atoms with van der Waals surface area (Å²) in [5, 5.41) is 6.18. The molecule has 23 heavy (non-hydrogen) atoms. The SMILES string of the molecule is CC(C)(C)OC(=O)NCCSCC(=O)Nc1ccc(Cl)c(Cl)c1. The van der Waals surface area contributed by atoms with Crippen molar-refractivity contribution in [3.05, 3.63) is 28.2 Å². The minimum absolute atomic E-state index is 0.148. The van der Waals surface area contributed by atoms with Crippen LogP contribution >= 0.6 is 35.0 Å². The highest BCUT2D eigenvalue weighted by atomic mass is 35.5. The molecule has 0 fully saturated rings. The van der Waals surface area contributed by atoms with Gasteiger partial charge in [0.1, 0.15) is 5.60 Å². The Kier molecular flexibility index (Phi) is 8.02. The minimum atomic E-state index is -0.517.